The summed E-state index contributed by atoms with van der Waals surface area (Å²) in [5, 5.41) is 2.84. The average Bonchev–Trinajstić information content (AvgIpc) is 3.19. The molecule has 0 atom stereocenters. The van der Waals surface area contributed by atoms with E-state index in [0.29, 0.717) is 25.3 Å². The minimum atomic E-state index is -0.490. The van der Waals surface area contributed by atoms with Crippen molar-refractivity contribution < 1.29 is 18.7 Å². The Morgan fingerprint density at radius 1 is 1.10 bits per heavy atom. The molecule has 6 heteroatoms. The quantitative estimate of drug-likeness (QED) is 0.750. The van der Waals surface area contributed by atoms with Gasteiger partial charge >= 0.3 is 6.09 Å². The molecule has 2 heterocycles. The van der Waals surface area contributed by atoms with Crippen LogP contribution in [0.5, 0.6) is 0 Å². The van der Waals surface area contributed by atoms with Crippen molar-refractivity contribution in [3.8, 4) is 11.3 Å². The highest BCUT2D eigenvalue weighted by Gasteiger charge is 2.24. The summed E-state index contributed by atoms with van der Waals surface area (Å²) in [6.45, 7) is 7.59. The number of carbonyl (C=O) groups is 2. The number of alkyl carbamates (subject to hydrolysis) is 1. The Morgan fingerprint density at radius 3 is 2.47 bits per heavy atom. The zero-order chi connectivity index (χ0) is 21.6. The molecule has 0 unspecified atom stereocenters. The number of hydrogen-bond donors (Lipinski definition) is 1. The van der Waals surface area contributed by atoms with Crippen molar-refractivity contribution in [2.45, 2.75) is 52.1 Å². The second-order valence-corrected chi connectivity index (χ2v) is 8.84. The molecule has 1 aromatic carbocycles. The largest absolute Gasteiger partial charge is 0.461 e. The van der Waals surface area contributed by atoms with Crippen molar-refractivity contribution in [1.82, 2.24) is 10.2 Å². The van der Waals surface area contributed by atoms with Gasteiger partial charge in [-0.3, -0.25) is 4.79 Å². The van der Waals surface area contributed by atoms with Crippen LogP contribution in [0.1, 0.15) is 45.8 Å². The normalized spacial score (nSPS) is 15.1. The highest BCUT2D eigenvalue weighted by atomic mass is 16.6. The molecule has 2 amide bonds. The minimum absolute atomic E-state index is 0.159. The predicted octanol–water partition coefficient (Wildman–Crippen LogP) is 4.64. The fourth-order valence-corrected chi connectivity index (χ4v) is 3.59. The zero-order valence-electron chi connectivity index (χ0n) is 18.1. The highest BCUT2D eigenvalue weighted by molar-refractivity contribution is 5.76. The van der Waals surface area contributed by atoms with E-state index >= 15 is 0 Å². The fourth-order valence-electron chi connectivity index (χ4n) is 3.59. The Hall–Kier alpha value is -2.76. The van der Waals surface area contributed by atoms with Crippen LogP contribution in [0, 0.1) is 5.92 Å². The van der Waals surface area contributed by atoms with Gasteiger partial charge in [0.05, 0.1) is 0 Å². The summed E-state index contributed by atoms with van der Waals surface area (Å²) in [5.74, 6) is 2.20. The van der Waals surface area contributed by atoms with Gasteiger partial charge in [-0.15, -0.1) is 0 Å². The van der Waals surface area contributed by atoms with Crippen LogP contribution in [-0.4, -0.2) is 42.1 Å². The fraction of sp³-hybridized carbons (Fsp3) is 0.500. The van der Waals surface area contributed by atoms with Gasteiger partial charge < -0.3 is 19.4 Å². The summed E-state index contributed by atoms with van der Waals surface area (Å²) in [7, 11) is 0. The van der Waals surface area contributed by atoms with Gasteiger partial charge in [0, 0.05) is 38.0 Å². The first-order valence-corrected chi connectivity index (χ1v) is 10.7. The topological polar surface area (TPSA) is 71.8 Å². The van der Waals surface area contributed by atoms with Gasteiger partial charge in [-0.25, -0.2) is 4.79 Å². The monoisotopic (exact) mass is 412 g/mol. The first kappa shape index (κ1) is 21.9. The van der Waals surface area contributed by atoms with Crippen molar-refractivity contribution in [1.29, 1.82) is 0 Å². The molecule has 1 aromatic heterocycles. The maximum Gasteiger partial charge on any atom is 0.407 e. The molecule has 1 saturated heterocycles. The van der Waals surface area contributed by atoms with Crippen LogP contribution in [0.2, 0.25) is 0 Å². The van der Waals surface area contributed by atoms with Gasteiger partial charge in [0.15, 0.2) is 0 Å². The molecule has 1 fully saturated rings. The van der Waals surface area contributed by atoms with Gasteiger partial charge in [0.2, 0.25) is 5.91 Å². The Labute approximate surface area is 178 Å². The van der Waals surface area contributed by atoms with Crippen molar-refractivity contribution in [2.75, 3.05) is 19.6 Å². The van der Waals surface area contributed by atoms with Crippen LogP contribution in [0.4, 0.5) is 4.79 Å². The van der Waals surface area contributed by atoms with E-state index in [2.05, 4.69) is 5.32 Å². The first-order chi connectivity index (χ1) is 14.3. The molecule has 1 aliphatic rings. The van der Waals surface area contributed by atoms with Crippen LogP contribution < -0.4 is 5.32 Å². The van der Waals surface area contributed by atoms with Crippen molar-refractivity contribution >= 4 is 12.0 Å². The number of ether oxygens (including phenoxy) is 1. The summed E-state index contributed by atoms with van der Waals surface area (Å²) in [4.78, 5) is 26.3. The number of carbonyl (C=O) groups excluding carboxylic acids is 2. The number of nitrogens with zero attached hydrogens (tertiary/aromatic N) is 1. The molecule has 0 spiro atoms. The summed E-state index contributed by atoms with van der Waals surface area (Å²) in [5.41, 5.74) is 0.549. The van der Waals surface area contributed by atoms with Gasteiger partial charge in [0.1, 0.15) is 17.1 Å². The number of amides is 2. The van der Waals surface area contributed by atoms with E-state index in [1.807, 2.05) is 68.1 Å². The molecular formula is C24H32N2O4. The van der Waals surface area contributed by atoms with Crippen LogP contribution >= 0.6 is 0 Å². The van der Waals surface area contributed by atoms with Crippen LogP contribution in [0.25, 0.3) is 11.3 Å². The van der Waals surface area contributed by atoms with E-state index in [-0.39, 0.29) is 12.0 Å². The van der Waals surface area contributed by atoms with Gasteiger partial charge in [-0.2, -0.15) is 0 Å². The molecule has 6 nitrogen and oxygen atoms in total. The number of hydrogen-bond acceptors (Lipinski definition) is 4. The molecule has 3 rings (SSSR count). The summed E-state index contributed by atoms with van der Waals surface area (Å²) < 4.78 is 11.2. The van der Waals surface area contributed by atoms with E-state index in [1.165, 1.54) is 0 Å². The van der Waals surface area contributed by atoms with E-state index in [1.54, 1.807) is 0 Å². The maximum absolute atomic E-state index is 12.6. The number of rotatable bonds is 6. The lowest BCUT2D eigenvalue weighted by atomic mass is 9.96. The average molecular weight is 413 g/mol. The minimum Gasteiger partial charge on any atom is -0.461 e. The smallest absolute Gasteiger partial charge is 0.407 e. The number of likely N-dealkylation sites (tertiary alicyclic amines) is 1. The molecule has 1 aliphatic heterocycles. The SMILES string of the molecule is CC(C)(C)OC(=O)NCC1CCN(C(=O)CCc2ccc(-c3ccccc3)o2)CC1. The molecular weight excluding hydrogens is 380 g/mol. The molecule has 0 aliphatic carbocycles. The van der Waals surface area contributed by atoms with Crippen molar-refractivity contribution in [3.05, 3.63) is 48.2 Å². The van der Waals surface area contributed by atoms with Gasteiger partial charge in [-0.05, 0) is 51.7 Å². The Morgan fingerprint density at radius 2 is 1.80 bits per heavy atom. The Bertz CT molecular complexity index is 830. The lowest BCUT2D eigenvalue weighted by Crippen LogP contribution is -2.42. The van der Waals surface area contributed by atoms with Crippen LogP contribution in [0.15, 0.2) is 46.9 Å². The number of furan rings is 1. The summed E-state index contributed by atoms with van der Waals surface area (Å²) >= 11 is 0. The standard InChI is InChI=1S/C24H32N2O4/c1-24(2,3)30-23(28)25-17-18-13-15-26(16-14-18)22(27)12-10-20-9-11-21(29-20)19-7-5-4-6-8-19/h4-9,11,18H,10,12-17H2,1-3H3,(H,25,28). The van der Waals surface area contributed by atoms with Crippen molar-refractivity contribution in [2.24, 2.45) is 5.92 Å². The number of aryl methyl sites for hydroxylation is 1. The third-order valence-electron chi connectivity index (χ3n) is 5.21. The van der Waals surface area contributed by atoms with Crippen LogP contribution in [0.3, 0.4) is 0 Å². The summed E-state index contributed by atoms with van der Waals surface area (Å²) in [6, 6.07) is 13.9. The predicted molar refractivity (Wildman–Crippen MR) is 116 cm³/mol. The Kier molecular flexibility index (Phi) is 7.19. The second kappa shape index (κ2) is 9.83. The molecule has 0 radical (unpaired) electrons. The van der Waals surface area contributed by atoms with Gasteiger partial charge in [-0.1, -0.05) is 30.3 Å². The summed E-state index contributed by atoms with van der Waals surface area (Å²) in [6.07, 6.45) is 2.45. The maximum atomic E-state index is 12.6. The molecule has 30 heavy (non-hydrogen) atoms. The lowest BCUT2D eigenvalue weighted by Gasteiger charge is -2.32. The highest BCUT2D eigenvalue weighted by Crippen LogP contribution is 2.23. The number of nitrogens with one attached hydrogen (secondary N) is 1. The third kappa shape index (κ3) is 6.65. The van der Waals surface area contributed by atoms with E-state index in [9.17, 15) is 9.59 Å². The third-order valence-corrected chi connectivity index (χ3v) is 5.21. The number of piperidine rings is 1. The molecule has 0 bridgehead atoms. The van der Waals surface area contributed by atoms with Crippen molar-refractivity contribution in [3.63, 3.8) is 0 Å². The lowest BCUT2D eigenvalue weighted by molar-refractivity contribution is -0.132. The van der Waals surface area contributed by atoms with E-state index < -0.39 is 5.60 Å². The molecule has 2 aromatic rings. The molecule has 1 N–H and O–H groups in total. The van der Waals surface area contributed by atoms with E-state index in [0.717, 1.165) is 43.0 Å². The van der Waals surface area contributed by atoms with Crippen LogP contribution in [-0.2, 0) is 16.0 Å². The second-order valence-electron chi connectivity index (χ2n) is 8.84. The van der Waals surface area contributed by atoms with E-state index in [4.69, 9.17) is 9.15 Å². The molecule has 162 valence electrons. The number of benzene rings is 1. The first-order valence-electron chi connectivity index (χ1n) is 10.7. The Balaban J connectivity index is 1.38. The zero-order valence-corrected chi connectivity index (χ0v) is 18.1. The molecule has 0 saturated carbocycles. The van der Waals surface area contributed by atoms with Gasteiger partial charge in [0.25, 0.3) is 0 Å².